The second-order valence-corrected chi connectivity index (χ2v) is 5.90. The highest BCUT2D eigenvalue weighted by Gasteiger charge is 2.21. The molecule has 0 aliphatic carbocycles. The van der Waals surface area contributed by atoms with Crippen molar-refractivity contribution >= 4 is 11.6 Å². The monoisotopic (exact) mass is 282 g/mol. The molecule has 0 saturated carbocycles. The maximum atomic E-state index is 6.30. The van der Waals surface area contributed by atoms with Crippen LogP contribution in [-0.2, 0) is 0 Å². The van der Waals surface area contributed by atoms with E-state index in [9.17, 15) is 0 Å². The van der Waals surface area contributed by atoms with Gasteiger partial charge in [-0.1, -0.05) is 50.6 Å². The van der Waals surface area contributed by atoms with Gasteiger partial charge in [0, 0.05) is 29.7 Å². The number of nitrogens with zero attached hydrogens (tertiary/aromatic N) is 1. The predicted molar refractivity (Wildman–Crippen MR) is 84.8 cm³/mol. The van der Waals surface area contributed by atoms with Crippen LogP contribution < -0.4 is 5.32 Å². The van der Waals surface area contributed by atoms with Crippen LogP contribution >= 0.6 is 11.6 Å². The van der Waals surface area contributed by atoms with Gasteiger partial charge < -0.3 is 5.32 Å². The van der Waals surface area contributed by atoms with Crippen LogP contribution in [0, 0.1) is 0 Å². The van der Waals surface area contributed by atoms with Crippen molar-refractivity contribution in [1.82, 2.24) is 10.2 Å². The van der Waals surface area contributed by atoms with Crippen molar-refractivity contribution in [2.45, 2.75) is 52.2 Å². The SMILES string of the molecule is CCC(CNC(C)C)N(C)C(C)c1ccccc1Cl. The van der Waals surface area contributed by atoms with Crippen molar-refractivity contribution < 1.29 is 0 Å². The Morgan fingerprint density at radius 1 is 1.21 bits per heavy atom. The normalized spacial score (nSPS) is 14.9. The van der Waals surface area contributed by atoms with Crippen LogP contribution in [0.3, 0.4) is 0 Å². The Hall–Kier alpha value is -0.570. The Morgan fingerprint density at radius 3 is 2.37 bits per heavy atom. The quantitative estimate of drug-likeness (QED) is 0.810. The third kappa shape index (κ3) is 4.79. The zero-order valence-corrected chi connectivity index (χ0v) is 13.5. The minimum atomic E-state index is 0.326. The molecule has 2 unspecified atom stereocenters. The molecule has 1 aromatic carbocycles. The summed E-state index contributed by atoms with van der Waals surface area (Å²) in [6.45, 7) is 9.84. The summed E-state index contributed by atoms with van der Waals surface area (Å²) in [7, 11) is 2.18. The largest absolute Gasteiger partial charge is 0.313 e. The molecule has 1 N–H and O–H groups in total. The molecule has 0 bridgehead atoms. The molecule has 2 nitrogen and oxygen atoms in total. The first-order chi connectivity index (χ1) is 8.97. The second-order valence-electron chi connectivity index (χ2n) is 5.49. The number of hydrogen-bond donors (Lipinski definition) is 1. The summed E-state index contributed by atoms with van der Waals surface area (Å²) in [6, 6.07) is 9.50. The molecular formula is C16H27ClN2. The van der Waals surface area contributed by atoms with Gasteiger partial charge in [-0.05, 0) is 32.0 Å². The molecule has 0 amide bonds. The molecule has 2 atom stereocenters. The topological polar surface area (TPSA) is 15.3 Å². The highest BCUT2D eigenvalue weighted by atomic mass is 35.5. The van der Waals surface area contributed by atoms with Crippen LogP contribution in [0.2, 0.25) is 5.02 Å². The summed E-state index contributed by atoms with van der Waals surface area (Å²) in [5.74, 6) is 0. The minimum Gasteiger partial charge on any atom is -0.313 e. The van der Waals surface area contributed by atoms with E-state index < -0.39 is 0 Å². The van der Waals surface area contributed by atoms with E-state index in [4.69, 9.17) is 11.6 Å². The standard InChI is InChI=1S/C16H27ClN2/c1-6-14(11-18-12(2)3)19(5)13(4)15-9-7-8-10-16(15)17/h7-10,12-14,18H,6,11H2,1-5H3. The van der Waals surface area contributed by atoms with Crippen molar-refractivity contribution in [3.63, 3.8) is 0 Å². The third-order valence-electron chi connectivity index (χ3n) is 3.78. The van der Waals surface area contributed by atoms with Crippen molar-refractivity contribution in [3.8, 4) is 0 Å². The molecule has 3 heteroatoms. The first-order valence-corrected chi connectivity index (χ1v) is 7.54. The molecule has 0 aliphatic heterocycles. The summed E-state index contributed by atoms with van der Waals surface area (Å²) < 4.78 is 0. The molecule has 108 valence electrons. The third-order valence-corrected chi connectivity index (χ3v) is 4.12. The van der Waals surface area contributed by atoms with E-state index >= 15 is 0 Å². The first-order valence-electron chi connectivity index (χ1n) is 7.17. The van der Waals surface area contributed by atoms with Gasteiger partial charge in [-0.3, -0.25) is 4.90 Å². The summed E-state index contributed by atoms with van der Waals surface area (Å²) in [4.78, 5) is 2.41. The van der Waals surface area contributed by atoms with E-state index in [-0.39, 0.29) is 0 Å². The Kier molecular flexibility index (Phi) is 6.84. The molecule has 0 fully saturated rings. The number of benzene rings is 1. The maximum absolute atomic E-state index is 6.30. The zero-order chi connectivity index (χ0) is 14.4. The summed E-state index contributed by atoms with van der Waals surface area (Å²) in [5, 5.41) is 4.38. The van der Waals surface area contributed by atoms with E-state index in [1.165, 1.54) is 5.56 Å². The van der Waals surface area contributed by atoms with Gasteiger partial charge in [0.05, 0.1) is 0 Å². The number of halogens is 1. The van der Waals surface area contributed by atoms with Crippen LogP contribution in [0.1, 0.15) is 45.7 Å². The lowest BCUT2D eigenvalue weighted by molar-refractivity contribution is 0.173. The number of hydrogen-bond acceptors (Lipinski definition) is 2. The summed E-state index contributed by atoms with van der Waals surface area (Å²) in [6.07, 6.45) is 1.13. The summed E-state index contributed by atoms with van der Waals surface area (Å²) in [5.41, 5.74) is 1.20. The highest BCUT2D eigenvalue weighted by molar-refractivity contribution is 6.31. The lowest BCUT2D eigenvalue weighted by atomic mass is 10.0. The van der Waals surface area contributed by atoms with Crippen LogP contribution in [0.25, 0.3) is 0 Å². The van der Waals surface area contributed by atoms with E-state index in [1.54, 1.807) is 0 Å². The molecule has 0 saturated heterocycles. The molecule has 19 heavy (non-hydrogen) atoms. The number of likely N-dealkylation sites (N-methyl/N-ethyl adjacent to an activating group) is 1. The van der Waals surface area contributed by atoms with E-state index in [0.717, 1.165) is 18.0 Å². The van der Waals surface area contributed by atoms with Gasteiger partial charge in [0.2, 0.25) is 0 Å². The lowest BCUT2D eigenvalue weighted by Gasteiger charge is -2.34. The van der Waals surface area contributed by atoms with Crippen molar-refractivity contribution in [3.05, 3.63) is 34.9 Å². The van der Waals surface area contributed by atoms with Crippen molar-refractivity contribution in [1.29, 1.82) is 0 Å². The van der Waals surface area contributed by atoms with E-state index in [2.05, 4.69) is 57.1 Å². The Balaban J connectivity index is 2.74. The molecular weight excluding hydrogens is 256 g/mol. The molecule has 1 rings (SSSR count). The van der Waals surface area contributed by atoms with Gasteiger partial charge in [0.25, 0.3) is 0 Å². The lowest BCUT2D eigenvalue weighted by Crippen LogP contribution is -2.42. The molecule has 0 spiro atoms. The molecule has 0 heterocycles. The average Bonchev–Trinajstić information content (AvgIpc) is 2.38. The maximum Gasteiger partial charge on any atom is 0.0453 e. The summed E-state index contributed by atoms with van der Waals surface area (Å²) >= 11 is 6.30. The molecule has 1 aromatic rings. The Labute approximate surface area is 123 Å². The number of nitrogens with one attached hydrogen (secondary N) is 1. The highest BCUT2D eigenvalue weighted by Crippen LogP contribution is 2.27. The van der Waals surface area contributed by atoms with E-state index in [0.29, 0.717) is 18.1 Å². The van der Waals surface area contributed by atoms with E-state index in [1.807, 2.05) is 12.1 Å². The average molecular weight is 283 g/mol. The van der Waals surface area contributed by atoms with Crippen LogP contribution in [-0.4, -0.2) is 30.6 Å². The van der Waals surface area contributed by atoms with Crippen molar-refractivity contribution in [2.75, 3.05) is 13.6 Å². The van der Waals surface area contributed by atoms with Gasteiger partial charge in [-0.2, -0.15) is 0 Å². The number of rotatable bonds is 7. The fourth-order valence-corrected chi connectivity index (χ4v) is 2.59. The Morgan fingerprint density at radius 2 is 1.84 bits per heavy atom. The smallest absolute Gasteiger partial charge is 0.0453 e. The second kappa shape index (κ2) is 7.88. The van der Waals surface area contributed by atoms with Crippen LogP contribution in [0.4, 0.5) is 0 Å². The van der Waals surface area contributed by atoms with Gasteiger partial charge in [-0.15, -0.1) is 0 Å². The van der Waals surface area contributed by atoms with Crippen LogP contribution in [0.5, 0.6) is 0 Å². The molecule has 0 radical (unpaired) electrons. The van der Waals surface area contributed by atoms with Crippen LogP contribution in [0.15, 0.2) is 24.3 Å². The van der Waals surface area contributed by atoms with Gasteiger partial charge >= 0.3 is 0 Å². The predicted octanol–water partition coefficient (Wildman–Crippen LogP) is 4.11. The zero-order valence-electron chi connectivity index (χ0n) is 12.8. The molecule has 0 aromatic heterocycles. The molecule has 0 aliphatic rings. The minimum absolute atomic E-state index is 0.326. The van der Waals surface area contributed by atoms with Gasteiger partial charge in [-0.25, -0.2) is 0 Å². The Bertz CT molecular complexity index is 379. The fourth-order valence-electron chi connectivity index (χ4n) is 2.30. The van der Waals surface area contributed by atoms with Crippen molar-refractivity contribution in [2.24, 2.45) is 0 Å². The fraction of sp³-hybridized carbons (Fsp3) is 0.625. The first kappa shape index (κ1) is 16.5. The van der Waals surface area contributed by atoms with Gasteiger partial charge in [0.15, 0.2) is 0 Å². The van der Waals surface area contributed by atoms with Gasteiger partial charge in [0.1, 0.15) is 0 Å².